The number of likely N-dealkylation sites (tertiary alicyclic amines) is 1. The molecule has 0 aliphatic carbocycles. The Kier molecular flexibility index (Phi) is 7.39. The first-order chi connectivity index (χ1) is 16.8. The number of nitrogens with zero attached hydrogens (tertiary/aromatic N) is 4. The number of rotatable bonds is 7. The number of aryl methyl sites for hydroxylation is 1. The molecule has 1 aromatic carbocycles. The molecule has 3 amide bonds. The van der Waals surface area contributed by atoms with Crippen LogP contribution in [0.25, 0.3) is 11.0 Å². The standard InChI is InChI=1S/C24H29ClFN7O2/c1-3-20(16-6-5-14(25)11-19(16)26)31-23(34)18-12-28-22-17(13-29-33(22)4-2)21(18)30-15-7-9-32(10-8-15)24(27)35/h5-6,11-13,15,20H,3-4,7-10H2,1-2H3,(H2,27,35)(H,28,30)(H,31,34). The minimum atomic E-state index is -0.541. The second-order valence-corrected chi connectivity index (χ2v) is 9.02. The van der Waals surface area contributed by atoms with Crippen LogP contribution in [0.15, 0.2) is 30.6 Å². The Hall–Kier alpha value is -3.40. The lowest BCUT2D eigenvalue weighted by Gasteiger charge is -2.32. The summed E-state index contributed by atoms with van der Waals surface area (Å²) in [6.07, 6.45) is 5.08. The summed E-state index contributed by atoms with van der Waals surface area (Å²) in [4.78, 5) is 31.0. The zero-order valence-corrected chi connectivity index (χ0v) is 20.5. The number of nitrogens with two attached hydrogens (primary N) is 1. The van der Waals surface area contributed by atoms with Crippen molar-refractivity contribution in [2.24, 2.45) is 5.73 Å². The van der Waals surface area contributed by atoms with Gasteiger partial charge in [0.25, 0.3) is 5.91 Å². The van der Waals surface area contributed by atoms with Crippen LogP contribution < -0.4 is 16.4 Å². The molecule has 9 nitrogen and oxygen atoms in total. The van der Waals surface area contributed by atoms with Crippen LogP contribution in [-0.2, 0) is 6.54 Å². The van der Waals surface area contributed by atoms with E-state index >= 15 is 0 Å². The lowest BCUT2D eigenvalue weighted by Crippen LogP contribution is -2.45. The number of primary amides is 1. The monoisotopic (exact) mass is 501 g/mol. The number of anilines is 1. The fourth-order valence-corrected chi connectivity index (χ4v) is 4.61. The van der Waals surface area contributed by atoms with E-state index in [4.69, 9.17) is 17.3 Å². The zero-order chi connectivity index (χ0) is 25.1. The van der Waals surface area contributed by atoms with Crippen molar-refractivity contribution in [2.45, 2.75) is 51.7 Å². The van der Waals surface area contributed by atoms with Gasteiger partial charge >= 0.3 is 6.03 Å². The van der Waals surface area contributed by atoms with Crippen LogP contribution in [0, 0.1) is 5.82 Å². The molecule has 1 unspecified atom stereocenters. The predicted octanol–water partition coefficient (Wildman–Crippen LogP) is 4.08. The highest BCUT2D eigenvalue weighted by molar-refractivity contribution is 6.30. The van der Waals surface area contributed by atoms with Gasteiger partial charge in [-0.3, -0.25) is 4.79 Å². The molecule has 1 aliphatic heterocycles. The molecular formula is C24H29ClFN7O2. The van der Waals surface area contributed by atoms with Crippen LogP contribution in [-0.4, -0.2) is 50.7 Å². The van der Waals surface area contributed by atoms with Gasteiger partial charge in [-0.25, -0.2) is 18.9 Å². The molecule has 4 rings (SSSR count). The number of carbonyl (C=O) groups excluding carboxylic acids is 2. The van der Waals surface area contributed by atoms with Gasteiger partial charge in [-0.15, -0.1) is 0 Å². The van der Waals surface area contributed by atoms with Gasteiger partial charge in [-0.2, -0.15) is 5.10 Å². The van der Waals surface area contributed by atoms with Crippen LogP contribution >= 0.6 is 11.6 Å². The quantitative estimate of drug-likeness (QED) is 0.451. The lowest BCUT2D eigenvalue weighted by atomic mass is 10.0. The van der Waals surface area contributed by atoms with Crippen molar-refractivity contribution in [3.63, 3.8) is 0 Å². The topological polar surface area (TPSA) is 118 Å². The van der Waals surface area contributed by atoms with Crippen molar-refractivity contribution >= 4 is 40.3 Å². The number of nitrogens with one attached hydrogen (secondary N) is 2. The summed E-state index contributed by atoms with van der Waals surface area (Å²) in [7, 11) is 0. The number of fused-ring (bicyclic) bond motifs is 1. The summed E-state index contributed by atoms with van der Waals surface area (Å²) in [5.41, 5.74) is 7.41. The number of benzene rings is 1. The maximum Gasteiger partial charge on any atom is 0.314 e. The van der Waals surface area contributed by atoms with Crippen LogP contribution in [0.5, 0.6) is 0 Å². The van der Waals surface area contributed by atoms with Crippen molar-refractivity contribution in [3.8, 4) is 0 Å². The molecule has 2 aromatic heterocycles. The maximum atomic E-state index is 14.6. The van der Waals surface area contributed by atoms with Crippen molar-refractivity contribution < 1.29 is 14.0 Å². The molecule has 0 bridgehead atoms. The van der Waals surface area contributed by atoms with Crippen LogP contribution in [0.1, 0.15) is 55.1 Å². The maximum absolute atomic E-state index is 14.6. The Balaban J connectivity index is 1.64. The molecule has 11 heteroatoms. The number of hydrogen-bond acceptors (Lipinski definition) is 5. The van der Waals surface area contributed by atoms with Crippen LogP contribution in [0.2, 0.25) is 5.02 Å². The van der Waals surface area contributed by atoms with Crippen molar-refractivity contribution in [2.75, 3.05) is 18.4 Å². The van der Waals surface area contributed by atoms with Gasteiger partial charge in [0.05, 0.1) is 28.9 Å². The van der Waals surface area contributed by atoms with Gasteiger partial charge in [0.1, 0.15) is 5.82 Å². The van der Waals surface area contributed by atoms with E-state index in [0.717, 1.165) is 5.39 Å². The van der Waals surface area contributed by atoms with E-state index in [0.29, 0.717) is 66.4 Å². The highest BCUT2D eigenvalue weighted by Gasteiger charge is 2.26. The molecule has 1 atom stereocenters. The minimum absolute atomic E-state index is 0.0309. The van der Waals surface area contributed by atoms with Gasteiger partial charge in [0.2, 0.25) is 0 Å². The summed E-state index contributed by atoms with van der Waals surface area (Å²) in [5, 5.41) is 11.9. The second-order valence-electron chi connectivity index (χ2n) is 8.59. The minimum Gasteiger partial charge on any atom is -0.381 e. The molecule has 3 heterocycles. The van der Waals surface area contributed by atoms with Crippen molar-refractivity contribution in [1.29, 1.82) is 0 Å². The van der Waals surface area contributed by atoms with Gasteiger partial charge in [0.15, 0.2) is 5.65 Å². The number of hydrogen-bond donors (Lipinski definition) is 3. The number of pyridine rings is 1. The average Bonchev–Trinajstić information content (AvgIpc) is 3.27. The first-order valence-electron chi connectivity index (χ1n) is 11.7. The normalized spacial score (nSPS) is 15.3. The molecule has 0 spiro atoms. The average molecular weight is 502 g/mol. The molecule has 1 saturated heterocycles. The van der Waals surface area contributed by atoms with Crippen molar-refractivity contribution in [1.82, 2.24) is 25.0 Å². The van der Waals surface area contributed by atoms with Crippen LogP contribution in [0.3, 0.4) is 0 Å². The SMILES string of the molecule is CCC(NC(=O)c1cnc2c(cnn2CC)c1NC1CCN(C(N)=O)CC1)c1ccc(Cl)cc1F. The Labute approximate surface area is 207 Å². The van der Waals surface area contributed by atoms with Crippen LogP contribution in [0.4, 0.5) is 14.9 Å². The third-order valence-corrected chi connectivity index (χ3v) is 6.65. The van der Waals surface area contributed by atoms with Crippen molar-refractivity contribution in [3.05, 3.63) is 52.6 Å². The summed E-state index contributed by atoms with van der Waals surface area (Å²) in [6.45, 7) is 5.53. The molecular weight excluding hydrogens is 473 g/mol. The Morgan fingerprint density at radius 2 is 2.00 bits per heavy atom. The summed E-state index contributed by atoms with van der Waals surface area (Å²) < 4.78 is 16.3. The summed E-state index contributed by atoms with van der Waals surface area (Å²) >= 11 is 5.90. The lowest BCUT2D eigenvalue weighted by molar-refractivity contribution is 0.0935. The van der Waals surface area contributed by atoms with E-state index in [1.165, 1.54) is 12.3 Å². The molecule has 186 valence electrons. The largest absolute Gasteiger partial charge is 0.381 e. The fraction of sp³-hybridized carbons (Fsp3) is 0.417. The highest BCUT2D eigenvalue weighted by Crippen LogP contribution is 2.30. The highest BCUT2D eigenvalue weighted by atomic mass is 35.5. The number of amides is 3. The molecule has 1 fully saturated rings. The number of urea groups is 1. The van der Waals surface area contributed by atoms with Gasteiger partial charge in [-0.05, 0) is 38.3 Å². The Morgan fingerprint density at radius 1 is 1.26 bits per heavy atom. The molecule has 4 N–H and O–H groups in total. The van der Waals surface area contributed by atoms with E-state index < -0.39 is 17.9 Å². The van der Waals surface area contributed by atoms with Gasteiger partial charge in [0, 0.05) is 42.5 Å². The molecule has 35 heavy (non-hydrogen) atoms. The summed E-state index contributed by atoms with van der Waals surface area (Å²) in [6, 6.07) is 3.49. The first kappa shape index (κ1) is 24.7. The third kappa shape index (κ3) is 5.17. The molecule has 3 aromatic rings. The smallest absolute Gasteiger partial charge is 0.314 e. The second kappa shape index (κ2) is 10.5. The van der Waals surface area contributed by atoms with E-state index in [2.05, 4.69) is 20.7 Å². The Bertz CT molecular complexity index is 1240. The zero-order valence-electron chi connectivity index (χ0n) is 19.7. The molecule has 0 saturated carbocycles. The summed E-state index contributed by atoms with van der Waals surface area (Å²) in [5.74, 6) is -0.844. The number of halogens is 2. The third-order valence-electron chi connectivity index (χ3n) is 6.42. The van der Waals surface area contributed by atoms with Gasteiger partial charge in [-0.1, -0.05) is 24.6 Å². The van der Waals surface area contributed by atoms with E-state index in [-0.39, 0.29) is 11.9 Å². The fourth-order valence-electron chi connectivity index (χ4n) is 4.45. The number of carbonyl (C=O) groups is 2. The first-order valence-corrected chi connectivity index (χ1v) is 12.1. The number of aromatic nitrogens is 3. The van der Waals surface area contributed by atoms with E-state index in [9.17, 15) is 14.0 Å². The number of piperidine rings is 1. The predicted molar refractivity (Wildman–Crippen MR) is 133 cm³/mol. The van der Waals surface area contributed by atoms with E-state index in [1.54, 1.807) is 27.9 Å². The van der Waals surface area contributed by atoms with Gasteiger partial charge < -0.3 is 21.3 Å². The molecule has 1 aliphatic rings. The molecule has 0 radical (unpaired) electrons. The Morgan fingerprint density at radius 3 is 2.63 bits per heavy atom. The van der Waals surface area contributed by atoms with E-state index in [1.807, 2.05) is 13.8 Å².